The van der Waals surface area contributed by atoms with Crippen molar-refractivity contribution in [2.75, 3.05) is 32.0 Å². The summed E-state index contributed by atoms with van der Waals surface area (Å²) in [6, 6.07) is 6.89. The van der Waals surface area contributed by atoms with Crippen LogP contribution in [0.15, 0.2) is 24.3 Å². The van der Waals surface area contributed by atoms with E-state index in [2.05, 4.69) is 5.32 Å². The highest BCUT2D eigenvalue weighted by Crippen LogP contribution is 2.35. The monoisotopic (exact) mass is 352 g/mol. The second kappa shape index (κ2) is 8.72. The Morgan fingerprint density at radius 1 is 1.38 bits per heavy atom. The fourth-order valence-corrected chi connectivity index (χ4v) is 3.84. The molecular formula is C18H25FN2O2S. The summed E-state index contributed by atoms with van der Waals surface area (Å²) < 4.78 is 19.2. The first-order valence-electron chi connectivity index (χ1n) is 8.69. The predicted octanol–water partition coefficient (Wildman–Crippen LogP) is 3.27. The van der Waals surface area contributed by atoms with Crippen LogP contribution in [0, 0.1) is 11.7 Å². The number of carbonyl (C=O) groups excluding carboxylic acids is 1. The summed E-state index contributed by atoms with van der Waals surface area (Å²) in [5.41, 5.74) is 0.742. The summed E-state index contributed by atoms with van der Waals surface area (Å²) in [6.07, 6.45) is 3.60. The molecule has 4 nitrogen and oxygen atoms in total. The molecule has 1 aliphatic carbocycles. The minimum Gasteiger partial charge on any atom is -0.374 e. The topological polar surface area (TPSA) is 41.6 Å². The Hall–Kier alpha value is -1.27. The number of ether oxygens (including phenoxy) is 1. The van der Waals surface area contributed by atoms with Gasteiger partial charge in [-0.25, -0.2) is 9.18 Å². The van der Waals surface area contributed by atoms with Gasteiger partial charge in [0.15, 0.2) is 0 Å². The molecule has 1 saturated heterocycles. The summed E-state index contributed by atoms with van der Waals surface area (Å²) in [5.74, 6) is 2.10. The Morgan fingerprint density at radius 2 is 2.21 bits per heavy atom. The Labute approximate surface area is 147 Å². The molecule has 2 aliphatic rings. The summed E-state index contributed by atoms with van der Waals surface area (Å²) >= 11 is 1.70. The van der Waals surface area contributed by atoms with Gasteiger partial charge in [-0.3, -0.25) is 0 Å². The van der Waals surface area contributed by atoms with Gasteiger partial charge in [-0.15, -0.1) is 0 Å². The van der Waals surface area contributed by atoms with E-state index in [4.69, 9.17) is 4.74 Å². The first-order valence-corrected chi connectivity index (χ1v) is 9.85. The molecule has 1 aliphatic heterocycles. The Morgan fingerprint density at radius 3 is 3.00 bits per heavy atom. The molecule has 1 aromatic rings. The number of urea groups is 1. The van der Waals surface area contributed by atoms with Crippen LogP contribution in [0.5, 0.6) is 0 Å². The molecule has 2 fully saturated rings. The van der Waals surface area contributed by atoms with E-state index in [-0.39, 0.29) is 18.0 Å². The Bertz CT molecular complexity index is 554. The van der Waals surface area contributed by atoms with Crippen molar-refractivity contribution in [3.63, 3.8) is 0 Å². The smallest absolute Gasteiger partial charge is 0.317 e. The second-order valence-corrected chi connectivity index (χ2v) is 7.53. The minimum atomic E-state index is -0.143. The van der Waals surface area contributed by atoms with Gasteiger partial charge in [0.25, 0.3) is 0 Å². The number of benzene rings is 1. The number of hydrogen-bond acceptors (Lipinski definition) is 3. The second-order valence-electron chi connectivity index (χ2n) is 6.42. The number of halogens is 1. The molecule has 1 heterocycles. The molecule has 0 spiro atoms. The molecule has 1 N–H and O–H groups in total. The Balaban J connectivity index is 1.27. The third-order valence-electron chi connectivity index (χ3n) is 4.49. The van der Waals surface area contributed by atoms with Gasteiger partial charge in [0.05, 0.1) is 12.7 Å². The zero-order valence-corrected chi connectivity index (χ0v) is 14.7. The summed E-state index contributed by atoms with van der Waals surface area (Å²) in [5, 5.41) is 2.99. The molecule has 132 valence electrons. The highest BCUT2D eigenvalue weighted by atomic mass is 32.2. The molecule has 3 rings (SSSR count). The third kappa shape index (κ3) is 5.11. The van der Waals surface area contributed by atoms with E-state index in [0.29, 0.717) is 31.4 Å². The fourth-order valence-electron chi connectivity index (χ4n) is 2.89. The van der Waals surface area contributed by atoms with Crippen molar-refractivity contribution in [1.82, 2.24) is 10.2 Å². The predicted molar refractivity (Wildman–Crippen MR) is 94.6 cm³/mol. The SMILES string of the molecule is O=C(NCCCSCc1ccccc1F)N1CCOC(C2CC2)C1. The molecule has 6 heteroatoms. The molecule has 1 aromatic carbocycles. The van der Waals surface area contributed by atoms with Gasteiger partial charge >= 0.3 is 6.03 Å². The Kier molecular flexibility index (Phi) is 6.37. The van der Waals surface area contributed by atoms with E-state index >= 15 is 0 Å². The largest absolute Gasteiger partial charge is 0.374 e. The molecule has 2 amide bonds. The van der Waals surface area contributed by atoms with Gasteiger partial charge in [-0.05, 0) is 42.6 Å². The van der Waals surface area contributed by atoms with Crippen molar-refractivity contribution in [2.24, 2.45) is 5.92 Å². The molecule has 0 aromatic heterocycles. The molecule has 0 bridgehead atoms. The first-order chi connectivity index (χ1) is 11.7. The fraction of sp³-hybridized carbons (Fsp3) is 0.611. The lowest BCUT2D eigenvalue weighted by Gasteiger charge is -2.33. The van der Waals surface area contributed by atoms with Crippen molar-refractivity contribution < 1.29 is 13.9 Å². The molecule has 1 saturated carbocycles. The first kappa shape index (κ1) is 17.5. The summed E-state index contributed by atoms with van der Waals surface area (Å²) in [4.78, 5) is 14.1. The molecule has 1 atom stereocenters. The van der Waals surface area contributed by atoms with E-state index in [1.54, 1.807) is 17.8 Å². The van der Waals surface area contributed by atoms with E-state index in [9.17, 15) is 9.18 Å². The lowest BCUT2D eigenvalue weighted by molar-refractivity contribution is -0.0252. The number of nitrogens with zero attached hydrogens (tertiary/aromatic N) is 1. The van der Waals surface area contributed by atoms with Crippen molar-refractivity contribution in [2.45, 2.75) is 31.1 Å². The molecular weight excluding hydrogens is 327 g/mol. The minimum absolute atomic E-state index is 0.0167. The molecule has 24 heavy (non-hydrogen) atoms. The van der Waals surface area contributed by atoms with Crippen LogP contribution in [0.1, 0.15) is 24.8 Å². The van der Waals surface area contributed by atoms with Crippen molar-refractivity contribution in [3.8, 4) is 0 Å². The van der Waals surface area contributed by atoms with Crippen molar-refractivity contribution in [3.05, 3.63) is 35.6 Å². The molecule has 1 unspecified atom stereocenters. The molecule has 0 radical (unpaired) electrons. The standard InChI is InChI=1S/C18H25FN2O2S/c19-16-5-2-1-4-15(16)13-24-11-3-8-20-18(22)21-9-10-23-17(12-21)14-6-7-14/h1-2,4-5,14,17H,3,6-13H2,(H,20,22). The average molecular weight is 352 g/mol. The summed E-state index contributed by atoms with van der Waals surface area (Å²) in [7, 11) is 0. The van der Waals surface area contributed by atoms with Crippen molar-refractivity contribution in [1.29, 1.82) is 0 Å². The van der Waals surface area contributed by atoms with Gasteiger partial charge in [0, 0.05) is 25.4 Å². The van der Waals surface area contributed by atoms with Gasteiger partial charge < -0.3 is 15.0 Å². The van der Waals surface area contributed by atoms with Crippen LogP contribution in [0.4, 0.5) is 9.18 Å². The van der Waals surface area contributed by atoms with Gasteiger partial charge in [-0.2, -0.15) is 11.8 Å². The van der Waals surface area contributed by atoms with Crippen LogP contribution in [0.2, 0.25) is 0 Å². The average Bonchev–Trinajstić information content (AvgIpc) is 3.44. The van der Waals surface area contributed by atoms with Crippen LogP contribution in [-0.2, 0) is 10.5 Å². The van der Waals surface area contributed by atoms with Gasteiger partial charge in [-0.1, -0.05) is 18.2 Å². The maximum absolute atomic E-state index is 13.5. The third-order valence-corrected chi connectivity index (χ3v) is 5.58. The number of carbonyl (C=O) groups is 1. The van der Waals surface area contributed by atoms with E-state index in [0.717, 1.165) is 24.3 Å². The zero-order valence-electron chi connectivity index (χ0n) is 13.9. The number of morpholine rings is 1. The van der Waals surface area contributed by atoms with Crippen LogP contribution in [0.25, 0.3) is 0 Å². The highest BCUT2D eigenvalue weighted by molar-refractivity contribution is 7.98. The number of amides is 2. The maximum Gasteiger partial charge on any atom is 0.317 e. The highest BCUT2D eigenvalue weighted by Gasteiger charge is 2.36. The number of nitrogens with one attached hydrogen (secondary N) is 1. The van der Waals surface area contributed by atoms with E-state index < -0.39 is 0 Å². The number of thioether (sulfide) groups is 1. The van der Waals surface area contributed by atoms with Gasteiger partial charge in [0.1, 0.15) is 5.82 Å². The maximum atomic E-state index is 13.5. The lowest BCUT2D eigenvalue weighted by Crippen LogP contribution is -2.50. The van der Waals surface area contributed by atoms with Crippen LogP contribution < -0.4 is 5.32 Å². The number of rotatable bonds is 7. The quantitative estimate of drug-likeness (QED) is 0.766. The van der Waals surface area contributed by atoms with Crippen LogP contribution in [0.3, 0.4) is 0 Å². The zero-order chi connectivity index (χ0) is 16.8. The van der Waals surface area contributed by atoms with E-state index in [1.807, 2.05) is 17.0 Å². The van der Waals surface area contributed by atoms with E-state index in [1.165, 1.54) is 18.9 Å². The van der Waals surface area contributed by atoms with Crippen LogP contribution >= 0.6 is 11.8 Å². The normalized spacial score (nSPS) is 20.9. The van der Waals surface area contributed by atoms with Gasteiger partial charge in [0.2, 0.25) is 0 Å². The van der Waals surface area contributed by atoms with Crippen LogP contribution in [-0.4, -0.2) is 49.0 Å². The number of hydrogen-bond donors (Lipinski definition) is 1. The lowest BCUT2D eigenvalue weighted by atomic mass is 10.2. The summed E-state index contributed by atoms with van der Waals surface area (Å²) in [6.45, 7) is 2.71. The van der Waals surface area contributed by atoms with Crippen molar-refractivity contribution >= 4 is 17.8 Å².